The van der Waals surface area contributed by atoms with Crippen molar-refractivity contribution in [3.63, 3.8) is 0 Å². The first kappa shape index (κ1) is 44.4. The predicted molar refractivity (Wildman–Crippen MR) is 231 cm³/mol. The number of hydrogen-bond donors (Lipinski definition) is 3. The van der Waals surface area contributed by atoms with Gasteiger partial charge < -0.3 is 45.0 Å². The summed E-state index contributed by atoms with van der Waals surface area (Å²) in [7, 11) is 0. The van der Waals surface area contributed by atoms with Gasteiger partial charge in [0.1, 0.15) is 58.7 Å². The molecule has 4 aliphatic rings. The van der Waals surface area contributed by atoms with Gasteiger partial charge in [0.15, 0.2) is 5.13 Å². The average molecular weight is 884 g/mol. The van der Waals surface area contributed by atoms with Crippen molar-refractivity contribution in [3.8, 4) is 22.9 Å². The molecule has 7 atom stereocenters. The quantitative estimate of drug-likeness (QED) is 0.176. The lowest BCUT2D eigenvalue weighted by atomic mass is 9.85. The van der Waals surface area contributed by atoms with Gasteiger partial charge in [0, 0.05) is 35.8 Å². The van der Waals surface area contributed by atoms with Crippen LogP contribution in [0, 0.1) is 17.3 Å². The zero-order chi connectivity index (χ0) is 44.0. The topological polar surface area (TPSA) is 197 Å². The number of rotatable bonds is 12. The zero-order valence-electron chi connectivity index (χ0n) is 36.1. The van der Waals surface area contributed by atoms with Gasteiger partial charge in [-0.05, 0) is 83.3 Å². The Morgan fingerprint density at radius 2 is 1.72 bits per heavy atom. The molecule has 4 fully saturated rings. The molecule has 2 aliphatic carbocycles. The molecule has 0 bridgehead atoms. The molecule has 4 heterocycles. The van der Waals surface area contributed by atoms with E-state index in [1.165, 1.54) is 22.7 Å². The number of fused-ring (bicyclic) bond motifs is 2. The smallest absolute Gasteiger partial charge is 0.410 e. The Kier molecular flexibility index (Phi) is 12.9. The molecular weight excluding hydrogens is 826 g/mol. The van der Waals surface area contributed by atoms with Crippen molar-refractivity contribution in [1.29, 1.82) is 0 Å². The normalized spacial score (nSPS) is 24.3. The fourth-order valence-electron chi connectivity index (χ4n) is 8.24. The second-order valence-corrected chi connectivity index (χ2v) is 20.1. The van der Waals surface area contributed by atoms with E-state index < -0.39 is 59.2 Å². The van der Waals surface area contributed by atoms with Gasteiger partial charge in [-0.1, -0.05) is 32.4 Å². The second-order valence-electron chi connectivity index (χ2n) is 18.9. The number of anilines is 1. The second kappa shape index (κ2) is 17.6. The standard InChI is InChI=1S/C43H58ClN7O9S/c1-22(2)46-39-48-30(21-61-39)29-17-33(28-9-10-32(34(44)35(28)47-29)57-20-25-19-56-12-11-50(25)41(55)60-43(6,7)8)58-27-16-31(37(45)52)51(18-27)38(53)36(42(3,4)5)49-40(54)59-26-14-23-13-24(23)15-26/h9-10,17,21-27,31,36H,11-16,18-20H2,1-8H3,(H2,45,52)(H,46,48)(H,49,54)/t23-,24+,25-,26+,27?,31+,36-/m1/s1. The van der Waals surface area contributed by atoms with E-state index in [-0.39, 0.29) is 43.3 Å². The molecule has 1 unspecified atom stereocenters. The maximum Gasteiger partial charge on any atom is 0.410 e. The first-order valence-corrected chi connectivity index (χ1v) is 22.3. The third-order valence-electron chi connectivity index (χ3n) is 11.3. The van der Waals surface area contributed by atoms with Crippen molar-refractivity contribution in [3.05, 3.63) is 28.6 Å². The minimum Gasteiger partial charge on any atom is -0.490 e. The molecule has 18 heteroatoms. The predicted octanol–water partition coefficient (Wildman–Crippen LogP) is 6.62. The summed E-state index contributed by atoms with van der Waals surface area (Å²) < 4.78 is 30.0. The van der Waals surface area contributed by atoms with Crippen LogP contribution in [0.15, 0.2) is 23.6 Å². The van der Waals surface area contributed by atoms with Gasteiger partial charge in [-0.15, -0.1) is 11.3 Å². The van der Waals surface area contributed by atoms with Crippen molar-refractivity contribution in [2.24, 2.45) is 23.0 Å². The molecule has 4 amide bonds. The monoisotopic (exact) mass is 883 g/mol. The first-order valence-electron chi connectivity index (χ1n) is 21.0. The number of primary amides is 1. The molecule has 3 aromatic rings. The number of hydrogen-bond acceptors (Lipinski definition) is 13. The van der Waals surface area contributed by atoms with Crippen molar-refractivity contribution in [2.75, 3.05) is 38.2 Å². The number of thiazole rings is 1. The van der Waals surface area contributed by atoms with Gasteiger partial charge in [-0.25, -0.2) is 19.6 Å². The molecule has 1 aromatic carbocycles. The molecule has 16 nitrogen and oxygen atoms in total. The summed E-state index contributed by atoms with van der Waals surface area (Å²) in [5, 5.41) is 9.48. The summed E-state index contributed by atoms with van der Waals surface area (Å²) in [4.78, 5) is 66.2. The van der Waals surface area contributed by atoms with Gasteiger partial charge >= 0.3 is 12.2 Å². The number of nitrogens with one attached hydrogen (secondary N) is 2. The highest BCUT2D eigenvalue weighted by atomic mass is 35.5. The number of ether oxygens (including phenoxy) is 5. The number of likely N-dealkylation sites (tertiary alicyclic amines) is 1. The first-order chi connectivity index (χ1) is 28.7. The summed E-state index contributed by atoms with van der Waals surface area (Å²) in [6, 6.07) is 2.97. The minimum absolute atomic E-state index is 0.0204. The van der Waals surface area contributed by atoms with Gasteiger partial charge in [0.05, 0.1) is 37.0 Å². The van der Waals surface area contributed by atoms with Crippen LogP contribution in [-0.2, 0) is 23.8 Å². The van der Waals surface area contributed by atoms with Gasteiger partial charge in [-0.2, -0.15) is 0 Å². The fourth-order valence-corrected chi connectivity index (χ4v) is 9.36. The maximum atomic E-state index is 14.3. The molecule has 2 aliphatic heterocycles. The van der Waals surface area contributed by atoms with Crippen molar-refractivity contribution in [1.82, 2.24) is 25.1 Å². The van der Waals surface area contributed by atoms with Crippen molar-refractivity contribution < 1.29 is 42.9 Å². The average Bonchev–Trinajstić information content (AvgIpc) is 3.48. The highest BCUT2D eigenvalue weighted by Crippen LogP contribution is 2.52. The zero-order valence-corrected chi connectivity index (χ0v) is 37.7. The van der Waals surface area contributed by atoms with Gasteiger partial charge in [0.25, 0.3) is 0 Å². The van der Waals surface area contributed by atoms with E-state index in [0.29, 0.717) is 63.9 Å². The summed E-state index contributed by atoms with van der Waals surface area (Å²) in [6.07, 6.45) is 1.03. The number of nitrogens with two attached hydrogens (primary N) is 1. The molecule has 2 saturated carbocycles. The van der Waals surface area contributed by atoms with Crippen LogP contribution < -0.4 is 25.8 Å². The number of benzene rings is 1. The van der Waals surface area contributed by atoms with E-state index in [9.17, 15) is 19.2 Å². The minimum atomic E-state index is -1.00. The molecule has 0 radical (unpaired) electrons. The molecule has 7 rings (SSSR count). The summed E-state index contributed by atoms with van der Waals surface area (Å²) in [5.41, 5.74) is 5.95. The number of nitrogens with zero attached hydrogens (tertiary/aromatic N) is 4. The molecule has 332 valence electrons. The largest absolute Gasteiger partial charge is 0.490 e. The van der Waals surface area contributed by atoms with Crippen LogP contribution in [0.25, 0.3) is 22.3 Å². The highest BCUT2D eigenvalue weighted by Gasteiger charge is 2.49. The van der Waals surface area contributed by atoms with E-state index in [2.05, 4.69) is 10.6 Å². The molecule has 2 saturated heterocycles. The molecule has 0 spiro atoms. The van der Waals surface area contributed by atoms with E-state index in [4.69, 9.17) is 51.0 Å². The summed E-state index contributed by atoms with van der Waals surface area (Å²) >= 11 is 8.54. The van der Waals surface area contributed by atoms with E-state index in [1.807, 2.05) is 60.8 Å². The Morgan fingerprint density at radius 1 is 0.984 bits per heavy atom. The number of carbonyl (C=O) groups excluding carboxylic acids is 4. The van der Waals surface area contributed by atoms with E-state index in [0.717, 1.165) is 12.8 Å². The Morgan fingerprint density at radius 3 is 2.39 bits per heavy atom. The van der Waals surface area contributed by atoms with Crippen LogP contribution in [0.5, 0.6) is 11.5 Å². The van der Waals surface area contributed by atoms with E-state index in [1.54, 1.807) is 23.1 Å². The Hall–Kier alpha value is -4.61. The van der Waals surface area contributed by atoms with Gasteiger partial charge in [0.2, 0.25) is 11.8 Å². The number of carbonyl (C=O) groups is 4. The van der Waals surface area contributed by atoms with Crippen LogP contribution in [0.4, 0.5) is 14.7 Å². The number of morpholine rings is 1. The maximum absolute atomic E-state index is 14.3. The summed E-state index contributed by atoms with van der Waals surface area (Å²) in [5.74, 6) is 0.818. The summed E-state index contributed by atoms with van der Waals surface area (Å²) in [6.45, 7) is 16.1. The molecule has 4 N–H and O–H groups in total. The molecule has 61 heavy (non-hydrogen) atoms. The van der Waals surface area contributed by atoms with Crippen LogP contribution in [-0.4, -0.2) is 119 Å². The van der Waals surface area contributed by atoms with Crippen molar-refractivity contribution in [2.45, 2.75) is 123 Å². The van der Waals surface area contributed by atoms with E-state index >= 15 is 0 Å². The SMILES string of the molecule is CC(C)Nc1nc(-c2cc(OC3C[C@@H](C(N)=O)N(C(=O)[C@@H](NC(=O)O[C@@H]4C[C@@H]5C[C@@H]5C4)C(C)(C)C)C3)c3ccc(OC[C@H]4COCCN4C(=O)OC(C)(C)C)c(Cl)c3n2)cs1. The lowest BCUT2D eigenvalue weighted by molar-refractivity contribution is -0.141. The Bertz CT molecular complexity index is 2130. The molecule has 2 aromatic heterocycles. The van der Waals surface area contributed by atoms with Crippen LogP contribution in [0.1, 0.15) is 81.1 Å². The number of amides is 4. The number of pyridine rings is 1. The third kappa shape index (κ3) is 10.5. The highest BCUT2D eigenvalue weighted by molar-refractivity contribution is 7.14. The Labute approximate surface area is 365 Å². The number of aromatic nitrogens is 2. The molecular formula is C43H58ClN7O9S. The number of halogens is 1. The van der Waals surface area contributed by atoms with Crippen LogP contribution >= 0.6 is 22.9 Å². The van der Waals surface area contributed by atoms with Crippen LogP contribution in [0.2, 0.25) is 5.02 Å². The fraction of sp³-hybridized carbons (Fsp3) is 0.628. The van der Waals surface area contributed by atoms with Crippen LogP contribution in [0.3, 0.4) is 0 Å². The third-order valence-corrected chi connectivity index (χ3v) is 12.5. The lowest BCUT2D eigenvalue weighted by Gasteiger charge is -2.36. The van der Waals surface area contributed by atoms with Crippen molar-refractivity contribution >= 4 is 63.0 Å². The number of alkyl carbamates (subject to hydrolysis) is 1. The lowest BCUT2D eigenvalue weighted by Crippen LogP contribution is -2.57. The Balaban J connectivity index is 1.14. The van der Waals surface area contributed by atoms with Gasteiger partial charge in [-0.3, -0.25) is 14.5 Å².